The third-order valence-electron chi connectivity index (χ3n) is 2.09. The van der Waals surface area contributed by atoms with Crippen LogP contribution in [-0.2, 0) is 0 Å². The van der Waals surface area contributed by atoms with Crippen LogP contribution in [0.2, 0.25) is 0 Å². The van der Waals surface area contributed by atoms with Crippen LogP contribution in [-0.4, -0.2) is 10.9 Å². The van der Waals surface area contributed by atoms with Gasteiger partial charge >= 0.3 is 5.63 Å². The summed E-state index contributed by atoms with van der Waals surface area (Å²) in [6, 6.07) is 7.90. The average Bonchev–Trinajstić information content (AvgIpc) is 2.29. The van der Waals surface area contributed by atoms with Gasteiger partial charge in [-0.15, -0.1) is 0 Å². The van der Waals surface area contributed by atoms with Gasteiger partial charge in [-0.05, 0) is 25.1 Å². The Morgan fingerprint density at radius 3 is 2.76 bits per heavy atom. The van der Waals surface area contributed by atoms with E-state index in [4.69, 9.17) is 0 Å². The fraction of sp³-hybridized carbons (Fsp3) is 0.0833. The Hall–Kier alpha value is -2.43. The number of nitrogens with one attached hydrogen (secondary N) is 1. The number of hydrogen-bond acceptors (Lipinski definition) is 4. The van der Waals surface area contributed by atoms with E-state index in [0.717, 1.165) is 12.0 Å². The number of rotatable bonds is 2. The standard InChI is InChI=1S/C12H10N2O3/c1-8-3-2-4-10(13-8)14-12(16)9-5-6-11(15)17-7-9/h2-7H,1H3,(H,13,14,16). The maximum absolute atomic E-state index is 11.7. The van der Waals surface area contributed by atoms with Crippen LogP contribution in [0.1, 0.15) is 16.1 Å². The quantitative estimate of drug-likeness (QED) is 0.850. The van der Waals surface area contributed by atoms with Gasteiger partial charge in [-0.1, -0.05) is 6.07 Å². The van der Waals surface area contributed by atoms with Crippen LogP contribution in [0.3, 0.4) is 0 Å². The average molecular weight is 230 g/mol. The molecule has 0 aliphatic heterocycles. The summed E-state index contributed by atoms with van der Waals surface area (Å²) in [5, 5.41) is 2.61. The molecule has 0 aliphatic carbocycles. The van der Waals surface area contributed by atoms with Crippen LogP contribution >= 0.6 is 0 Å². The van der Waals surface area contributed by atoms with Gasteiger partial charge < -0.3 is 9.73 Å². The first-order valence-electron chi connectivity index (χ1n) is 4.99. The summed E-state index contributed by atoms with van der Waals surface area (Å²) in [5.74, 6) is 0.0908. The summed E-state index contributed by atoms with van der Waals surface area (Å²) < 4.78 is 4.60. The van der Waals surface area contributed by atoms with Gasteiger partial charge in [0.2, 0.25) is 0 Å². The van der Waals surface area contributed by atoms with E-state index in [0.29, 0.717) is 5.82 Å². The molecule has 2 aromatic rings. The van der Waals surface area contributed by atoms with E-state index in [1.54, 1.807) is 12.1 Å². The SMILES string of the molecule is Cc1cccc(NC(=O)c2ccc(=O)oc2)n1. The Kier molecular flexibility index (Phi) is 3.00. The van der Waals surface area contributed by atoms with Crippen molar-refractivity contribution >= 4 is 11.7 Å². The number of nitrogens with zero attached hydrogens (tertiary/aromatic N) is 1. The van der Waals surface area contributed by atoms with Crippen LogP contribution < -0.4 is 10.9 Å². The summed E-state index contributed by atoms with van der Waals surface area (Å²) >= 11 is 0. The Bertz CT molecular complexity index is 584. The molecule has 17 heavy (non-hydrogen) atoms. The van der Waals surface area contributed by atoms with Crippen molar-refractivity contribution in [2.75, 3.05) is 5.32 Å². The molecule has 1 N–H and O–H groups in total. The summed E-state index contributed by atoms with van der Waals surface area (Å²) in [5.41, 5.74) is 0.588. The van der Waals surface area contributed by atoms with Crippen molar-refractivity contribution in [1.29, 1.82) is 0 Å². The summed E-state index contributed by atoms with van der Waals surface area (Å²) in [7, 11) is 0. The van der Waals surface area contributed by atoms with E-state index in [-0.39, 0.29) is 11.5 Å². The normalized spacial score (nSPS) is 9.94. The Morgan fingerprint density at radius 2 is 2.12 bits per heavy atom. The van der Waals surface area contributed by atoms with Crippen LogP contribution in [0.5, 0.6) is 0 Å². The van der Waals surface area contributed by atoms with Crippen molar-refractivity contribution in [2.24, 2.45) is 0 Å². The molecule has 2 aromatic heterocycles. The molecule has 1 amide bonds. The number of aromatic nitrogens is 1. The molecular formula is C12H10N2O3. The largest absolute Gasteiger partial charge is 0.430 e. The van der Waals surface area contributed by atoms with Crippen LogP contribution in [0.25, 0.3) is 0 Å². The first-order chi connectivity index (χ1) is 8.15. The summed E-state index contributed by atoms with van der Waals surface area (Å²) in [6.45, 7) is 1.83. The van der Waals surface area contributed by atoms with E-state index in [9.17, 15) is 9.59 Å². The predicted molar refractivity (Wildman–Crippen MR) is 61.9 cm³/mol. The van der Waals surface area contributed by atoms with Crippen LogP contribution in [0.15, 0.2) is 45.8 Å². The number of aryl methyl sites for hydroxylation is 1. The van der Waals surface area contributed by atoms with Crippen molar-refractivity contribution in [3.8, 4) is 0 Å². The lowest BCUT2D eigenvalue weighted by atomic mass is 10.3. The highest BCUT2D eigenvalue weighted by molar-refractivity contribution is 6.03. The smallest absolute Gasteiger partial charge is 0.335 e. The Balaban J connectivity index is 2.17. The maximum atomic E-state index is 11.7. The second kappa shape index (κ2) is 4.61. The Labute approximate surface area is 97.1 Å². The molecule has 86 valence electrons. The number of pyridine rings is 1. The minimum Gasteiger partial charge on any atom is -0.430 e. The predicted octanol–water partition coefficient (Wildman–Crippen LogP) is 1.60. The van der Waals surface area contributed by atoms with E-state index in [2.05, 4.69) is 14.7 Å². The highest BCUT2D eigenvalue weighted by Crippen LogP contribution is 2.06. The molecule has 2 heterocycles. The molecule has 2 rings (SSSR count). The molecule has 0 bridgehead atoms. The fourth-order valence-corrected chi connectivity index (χ4v) is 1.29. The fourth-order valence-electron chi connectivity index (χ4n) is 1.29. The van der Waals surface area contributed by atoms with Crippen molar-refractivity contribution < 1.29 is 9.21 Å². The molecule has 0 fully saturated rings. The van der Waals surface area contributed by atoms with Gasteiger partial charge in [0.1, 0.15) is 12.1 Å². The summed E-state index contributed by atoms with van der Waals surface area (Å²) in [6.07, 6.45) is 1.12. The minimum absolute atomic E-state index is 0.271. The van der Waals surface area contributed by atoms with Gasteiger partial charge in [0.15, 0.2) is 0 Å². The van der Waals surface area contributed by atoms with Crippen molar-refractivity contribution in [1.82, 2.24) is 4.98 Å². The molecule has 0 aromatic carbocycles. The van der Waals surface area contributed by atoms with E-state index < -0.39 is 5.63 Å². The van der Waals surface area contributed by atoms with Crippen molar-refractivity contribution in [2.45, 2.75) is 6.92 Å². The van der Waals surface area contributed by atoms with Crippen LogP contribution in [0, 0.1) is 6.92 Å². The van der Waals surface area contributed by atoms with Crippen LogP contribution in [0.4, 0.5) is 5.82 Å². The molecule has 5 heteroatoms. The summed E-state index contributed by atoms with van der Waals surface area (Å²) in [4.78, 5) is 26.6. The second-order valence-electron chi connectivity index (χ2n) is 3.46. The second-order valence-corrected chi connectivity index (χ2v) is 3.46. The molecule has 0 unspecified atom stereocenters. The lowest BCUT2D eigenvalue weighted by Gasteiger charge is -2.03. The number of hydrogen-bond donors (Lipinski definition) is 1. The van der Waals surface area contributed by atoms with Gasteiger partial charge in [0.05, 0.1) is 5.56 Å². The highest BCUT2D eigenvalue weighted by atomic mass is 16.4. The molecular weight excluding hydrogens is 220 g/mol. The van der Waals surface area contributed by atoms with Crippen molar-refractivity contribution in [3.63, 3.8) is 0 Å². The highest BCUT2D eigenvalue weighted by Gasteiger charge is 2.07. The zero-order chi connectivity index (χ0) is 12.3. The monoisotopic (exact) mass is 230 g/mol. The molecule has 0 spiro atoms. The zero-order valence-corrected chi connectivity index (χ0v) is 9.14. The number of anilines is 1. The molecule has 0 aliphatic rings. The number of amides is 1. The van der Waals surface area contributed by atoms with Crippen molar-refractivity contribution in [3.05, 3.63) is 58.3 Å². The Morgan fingerprint density at radius 1 is 1.29 bits per heavy atom. The van der Waals surface area contributed by atoms with Gasteiger partial charge in [-0.25, -0.2) is 9.78 Å². The van der Waals surface area contributed by atoms with E-state index in [1.165, 1.54) is 12.1 Å². The lowest BCUT2D eigenvalue weighted by Crippen LogP contribution is -2.14. The molecule has 0 saturated carbocycles. The van der Waals surface area contributed by atoms with E-state index >= 15 is 0 Å². The lowest BCUT2D eigenvalue weighted by molar-refractivity contribution is 0.102. The third-order valence-corrected chi connectivity index (χ3v) is 2.09. The first kappa shape index (κ1) is 11.1. The van der Waals surface area contributed by atoms with E-state index in [1.807, 2.05) is 13.0 Å². The topological polar surface area (TPSA) is 72.2 Å². The minimum atomic E-state index is -0.491. The molecule has 0 atom stereocenters. The molecule has 0 radical (unpaired) electrons. The number of carbonyl (C=O) groups excluding carboxylic acids is 1. The van der Waals surface area contributed by atoms with Gasteiger partial charge in [-0.2, -0.15) is 0 Å². The maximum Gasteiger partial charge on any atom is 0.335 e. The zero-order valence-electron chi connectivity index (χ0n) is 9.14. The third kappa shape index (κ3) is 2.78. The van der Waals surface area contributed by atoms with Gasteiger partial charge in [-0.3, -0.25) is 4.79 Å². The van der Waals surface area contributed by atoms with Gasteiger partial charge in [0.25, 0.3) is 5.91 Å². The number of carbonyl (C=O) groups is 1. The first-order valence-corrected chi connectivity index (χ1v) is 4.99. The molecule has 5 nitrogen and oxygen atoms in total. The van der Waals surface area contributed by atoms with Gasteiger partial charge in [0, 0.05) is 11.8 Å². The molecule has 0 saturated heterocycles.